The molecule has 2 fully saturated rings. The van der Waals surface area contributed by atoms with Crippen LogP contribution in [0.15, 0.2) is 24.3 Å². The van der Waals surface area contributed by atoms with E-state index in [2.05, 4.69) is 17.8 Å². The number of thioether (sulfide) groups is 1. The number of nitriles is 1. The van der Waals surface area contributed by atoms with Crippen molar-refractivity contribution < 1.29 is 4.79 Å². The van der Waals surface area contributed by atoms with Gasteiger partial charge < -0.3 is 0 Å². The van der Waals surface area contributed by atoms with E-state index >= 15 is 0 Å². The predicted octanol–water partition coefficient (Wildman–Crippen LogP) is 4.00. The lowest BCUT2D eigenvalue weighted by Gasteiger charge is -2.37. The second-order valence-corrected chi connectivity index (χ2v) is 7.48. The third-order valence-electron chi connectivity index (χ3n) is 4.42. The number of Topliss-reactive ketones (excluding diaryl/α,β-unsaturated/α-hetero) is 1. The molecule has 0 N–H and O–H groups in total. The fourth-order valence-electron chi connectivity index (χ4n) is 3.39. The molecule has 2 heterocycles. The van der Waals surface area contributed by atoms with Crippen LogP contribution in [0.5, 0.6) is 0 Å². The first-order valence-electron chi connectivity index (χ1n) is 7.42. The third kappa shape index (κ3) is 2.91. The third-order valence-corrected chi connectivity index (χ3v) is 6.05. The average Bonchev–Trinajstić information content (AvgIpc) is 2.47. The molecule has 1 aromatic rings. The van der Waals surface area contributed by atoms with E-state index in [1.165, 1.54) is 19.3 Å². The number of nitrogens with zero attached hydrogens (tertiary/aromatic N) is 1. The van der Waals surface area contributed by atoms with Crippen molar-refractivity contribution in [1.82, 2.24) is 0 Å². The van der Waals surface area contributed by atoms with Crippen LogP contribution < -0.4 is 0 Å². The zero-order valence-corrected chi connectivity index (χ0v) is 12.4. The van der Waals surface area contributed by atoms with Crippen LogP contribution in [0.3, 0.4) is 0 Å². The monoisotopic (exact) mass is 285 g/mol. The van der Waals surface area contributed by atoms with Crippen molar-refractivity contribution in [3.05, 3.63) is 35.4 Å². The van der Waals surface area contributed by atoms with E-state index in [0.29, 0.717) is 22.7 Å². The van der Waals surface area contributed by atoms with Crippen molar-refractivity contribution in [1.29, 1.82) is 5.26 Å². The van der Waals surface area contributed by atoms with Gasteiger partial charge in [0.1, 0.15) is 0 Å². The molecule has 0 amide bonds. The molecule has 2 atom stereocenters. The Morgan fingerprint density at radius 1 is 1.20 bits per heavy atom. The van der Waals surface area contributed by atoms with Crippen molar-refractivity contribution in [3.8, 4) is 6.07 Å². The molecule has 0 radical (unpaired) electrons. The quantitative estimate of drug-likeness (QED) is 0.788. The van der Waals surface area contributed by atoms with Crippen molar-refractivity contribution in [2.45, 2.75) is 49.0 Å². The molecule has 3 rings (SSSR count). The van der Waals surface area contributed by atoms with Gasteiger partial charge in [-0.15, -0.1) is 0 Å². The van der Waals surface area contributed by atoms with E-state index in [-0.39, 0.29) is 5.92 Å². The van der Waals surface area contributed by atoms with Gasteiger partial charge in [0.05, 0.1) is 12.5 Å². The maximum Gasteiger partial charge on any atom is 0.166 e. The minimum absolute atomic E-state index is 0.216. The normalized spacial score (nSPS) is 28.6. The summed E-state index contributed by atoms with van der Waals surface area (Å²) in [7, 11) is 0. The SMILES string of the molecule is N#CCc1ccc(C(=O)C2CC3CCCC(C2)S3)cc1. The minimum atomic E-state index is 0.216. The molecule has 0 aromatic heterocycles. The van der Waals surface area contributed by atoms with Crippen molar-refractivity contribution in [3.63, 3.8) is 0 Å². The molecule has 2 nitrogen and oxygen atoms in total. The number of fused-ring (bicyclic) bond motifs is 2. The Bertz CT molecular complexity index is 519. The fraction of sp³-hybridized carbons (Fsp3) is 0.529. The zero-order chi connectivity index (χ0) is 13.9. The number of hydrogen-bond acceptors (Lipinski definition) is 3. The summed E-state index contributed by atoms with van der Waals surface area (Å²) in [4.78, 5) is 12.6. The van der Waals surface area contributed by atoms with E-state index in [4.69, 9.17) is 5.26 Å². The standard InChI is InChI=1S/C17H19NOS/c18-9-8-12-4-6-13(7-5-12)17(19)14-10-15-2-1-3-16(11-14)20-15/h4-7,14-16H,1-3,8,10-11H2. The van der Waals surface area contributed by atoms with Crippen LogP contribution in [-0.4, -0.2) is 16.3 Å². The molecule has 0 saturated carbocycles. The Morgan fingerprint density at radius 2 is 1.85 bits per heavy atom. The van der Waals surface area contributed by atoms with Crippen molar-refractivity contribution in [2.24, 2.45) is 5.92 Å². The van der Waals surface area contributed by atoms with Gasteiger partial charge >= 0.3 is 0 Å². The van der Waals surface area contributed by atoms with Gasteiger partial charge in [0.2, 0.25) is 0 Å². The zero-order valence-electron chi connectivity index (χ0n) is 11.5. The molecule has 0 spiro atoms. The average molecular weight is 285 g/mol. The van der Waals surface area contributed by atoms with Gasteiger partial charge in [0, 0.05) is 22.0 Å². The number of benzene rings is 1. The van der Waals surface area contributed by atoms with Crippen LogP contribution in [-0.2, 0) is 6.42 Å². The molecule has 2 bridgehead atoms. The molecular formula is C17H19NOS. The lowest BCUT2D eigenvalue weighted by atomic mass is 9.84. The Kier molecular flexibility index (Phi) is 4.12. The summed E-state index contributed by atoms with van der Waals surface area (Å²) in [5, 5.41) is 10.1. The highest BCUT2D eigenvalue weighted by atomic mass is 32.2. The van der Waals surface area contributed by atoms with Crippen LogP contribution >= 0.6 is 11.8 Å². The second kappa shape index (κ2) is 6.01. The summed E-state index contributed by atoms with van der Waals surface area (Å²) in [6.45, 7) is 0. The summed E-state index contributed by atoms with van der Waals surface area (Å²) in [6.07, 6.45) is 6.43. The fourth-order valence-corrected chi connectivity index (χ4v) is 5.22. The summed E-state index contributed by atoms with van der Waals surface area (Å²) in [6, 6.07) is 9.75. The molecule has 20 heavy (non-hydrogen) atoms. The van der Waals surface area contributed by atoms with Gasteiger partial charge in [-0.1, -0.05) is 30.7 Å². The summed E-state index contributed by atoms with van der Waals surface area (Å²) >= 11 is 2.11. The maximum atomic E-state index is 12.6. The Labute approximate surface area is 124 Å². The van der Waals surface area contributed by atoms with Gasteiger partial charge in [-0.05, 0) is 31.2 Å². The largest absolute Gasteiger partial charge is 0.294 e. The number of ketones is 1. The lowest BCUT2D eigenvalue weighted by molar-refractivity contribution is 0.0896. The van der Waals surface area contributed by atoms with Crippen LogP contribution in [0.1, 0.15) is 48.0 Å². The molecule has 1 aromatic carbocycles. The van der Waals surface area contributed by atoms with Gasteiger partial charge in [-0.25, -0.2) is 0 Å². The van der Waals surface area contributed by atoms with Gasteiger partial charge in [0.15, 0.2) is 5.78 Å². The van der Waals surface area contributed by atoms with Crippen LogP contribution in [0.25, 0.3) is 0 Å². The first-order chi connectivity index (χ1) is 9.76. The van der Waals surface area contributed by atoms with Crippen LogP contribution in [0.2, 0.25) is 0 Å². The number of carbonyl (C=O) groups is 1. The molecule has 2 aliphatic heterocycles. The van der Waals surface area contributed by atoms with Crippen molar-refractivity contribution >= 4 is 17.5 Å². The van der Waals surface area contributed by atoms with Gasteiger partial charge in [-0.2, -0.15) is 17.0 Å². The predicted molar refractivity (Wildman–Crippen MR) is 81.8 cm³/mol. The van der Waals surface area contributed by atoms with E-state index in [1.807, 2.05) is 24.3 Å². The Balaban J connectivity index is 1.70. The molecule has 2 aliphatic rings. The van der Waals surface area contributed by atoms with Crippen LogP contribution in [0.4, 0.5) is 0 Å². The molecule has 0 aliphatic carbocycles. The first-order valence-corrected chi connectivity index (χ1v) is 8.36. The molecule has 2 unspecified atom stereocenters. The number of rotatable bonds is 3. The highest BCUT2D eigenvalue weighted by Crippen LogP contribution is 2.44. The highest BCUT2D eigenvalue weighted by Gasteiger charge is 2.35. The van der Waals surface area contributed by atoms with E-state index in [9.17, 15) is 4.79 Å². The molecule has 104 valence electrons. The van der Waals surface area contributed by atoms with Gasteiger partial charge in [-0.3, -0.25) is 4.79 Å². The van der Waals surface area contributed by atoms with E-state index in [0.717, 1.165) is 24.0 Å². The Hall–Kier alpha value is -1.27. The molecular weight excluding hydrogens is 266 g/mol. The minimum Gasteiger partial charge on any atom is -0.294 e. The second-order valence-electron chi connectivity index (χ2n) is 5.88. The Morgan fingerprint density at radius 3 is 2.45 bits per heavy atom. The smallest absolute Gasteiger partial charge is 0.166 e. The lowest BCUT2D eigenvalue weighted by Crippen LogP contribution is -2.32. The summed E-state index contributed by atoms with van der Waals surface area (Å²) in [5.41, 5.74) is 1.81. The highest BCUT2D eigenvalue weighted by molar-refractivity contribution is 8.00. The molecule has 3 heteroatoms. The molecule has 2 saturated heterocycles. The number of hydrogen-bond donors (Lipinski definition) is 0. The van der Waals surface area contributed by atoms with Crippen molar-refractivity contribution in [2.75, 3.05) is 0 Å². The number of carbonyl (C=O) groups excluding carboxylic acids is 1. The van der Waals surface area contributed by atoms with Gasteiger partial charge in [0.25, 0.3) is 0 Å². The van der Waals surface area contributed by atoms with E-state index < -0.39 is 0 Å². The maximum absolute atomic E-state index is 12.6. The summed E-state index contributed by atoms with van der Waals surface area (Å²) < 4.78 is 0. The topological polar surface area (TPSA) is 40.9 Å². The summed E-state index contributed by atoms with van der Waals surface area (Å²) in [5.74, 6) is 0.527. The van der Waals surface area contributed by atoms with Crippen LogP contribution in [0, 0.1) is 17.2 Å². The first kappa shape index (κ1) is 13.7. The van der Waals surface area contributed by atoms with E-state index in [1.54, 1.807) is 0 Å².